The Kier molecular flexibility index (Phi) is 5.01. The van der Waals surface area contributed by atoms with Gasteiger partial charge in [-0.25, -0.2) is 0 Å². The van der Waals surface area contributed by atoms with Crippen molar-refractivity contribution in [2.75, 3.05) is 5.75 Å². The standard InChI is InChI=1S/C18H24BNO2S/c1-12-7-14(10-20)8-13(2)16(12)9-15(11-23)19-21-17(3,4)18(5,6)22-19/h7-9,23H,11H2,1-6H3. The largest absolute Gasteiger partial charge is 0.491 e. The molecule has 1 fully saturated rings. The zero-order chi connectivity index (χ0) is 17.4. The quantitative estimate of drug-likeness (QED) is 0.670. The molecule has 0 spiro atoms. The zero-order valence-electron chi connectivity index (χ0n) is 14.7. The minimum atomic E-state index is -0.396. The van der Waals surface area contributed by atoms with E-state index in [1.165, 1.54) is 0 Å². The molecule has 5 heteroatoms. The highest BCUT2D eigenvalue weighted by molar-refractivity contribution is 7.80. The number of thiol groups is 1. The second-order valence-corrected chi connectivity index (χ2v) is 7.42. The van der Waals surface area contributed by atoms with Gasteiger partial charge in [0.15, 0.2) is 0 Å². The molecule has 1 aromatic carbocycles. The second kappa shape index (κ2) is 6.35. The Morgan fingerprint density at radius 3 is 2.04 bits per heavy atom. The van der Waals surface area contributed by atoms with Crippen LogP contribution in [0.3, 0.4) is 0 Å². The van der Waals surface area contributed by atoms with Gasteiger partial charge in [-0.2, -0.15) is 17.9 Å². The van der Waals surface area contributed by atoms with Crippen LogP contribution in [0.25, 0.3) is 6.08 Å². The van der Waals surface area contributed by atoms with E-state index in [1.54, 1.807) is 0 Å². The molecule has 1 heterocycles. The summed E-state index contributed by atoms with van der Waals surface area (Å²) in [6.07, 6.45) is 2.08. The first-order chi connectivity index (χ1) is 10.6. The molecule has 0 aliphatic carbocycles. The summed E-state index contributed by atoms with van der Waals surface area (Å²) < 4.78 is 12.2. The average Bonchev–Trinajstić information content (AvgIpc) is 2.66. The minimum Gasteiger partial charge on any atom is -0.400 e. The van der Waals surface area contributed by atoms with Gasteiger partial charge in [0.1, 0.15) is 0 Å². The predicted molar refractivity (Wildman–Crippen MR) is 98.5 cm³/mol. The van der Waals surface area contributed by atoms with Crippen molar-refractivity contribution in [3.63, 3.8) is 0 Å². The van der Waals surface area contributed by atoms with Gasteiger partial charge in [-0.15, -0.1) is 0 Å². The number of hydrogen-bond donors (Lipinski definition) is 1. The monoisotopic (exact) mass is 329 g/mol. The number of hydrogen-bond acceptors (Lipinski definition) is 4. The maximum absolute atomic E-state index is 9.08. The van der Waals surface area contributed by atoms with Gasteiger partial charge < -0.3 is 9.31 Å². The minimum absolute atomic E-state index is 0.367. The van der Waals surface area contributed by atoms with Crippen molar-refractivity contribution < 1.29 is 9.31 Å². The molecule has 1 aliphatic rings. The second-order valence-electron chi connectivity index (χ2n) is 7.10. The van der Waals surface area contributed by atoms with E-state index in [0.29, 0.717) is 11.3 Å². The van der Waals surface area contributed by atoms with Crippen LogP contribution in [-0.2, 0) is 9.31 Å². The van der Waals surface area contributed by atoms with Crippen molar-refractivity contribution in [1.29, 1.82) is 5.26 Å². The molecule has 23 heavy (non-hydrogen) atoms. The van der Waals surface area contributed by atoms with Crippen LogP contribution >= 0.6 is 12.6 Å². The molecule has 0 atom stereocenters. The van der Waals surface area contributed by atoms with Gasteiger partial charge in [-0.1, -0.05) is 6.08 Å². The Morgan fingerprint density at radius 1 is 1.17 bits per heavy atom. The van der Waals surface area contributed by atoms with E-state index < -0.39 is 7.12 Å². The van der Waals surface area contributed by atoms with Crippen LogP contribution in [0.1, 0.15) is 49.9 Å². The Morgan fingerprint density at radius 2 is 1.65 bits per heavy atom. The third kappa shape index (κ3) is 3.50. The molecule has 0 bridgehead atoms. The van der Waals surface area contributed by atoms with Crippen molar-refractivity contribution in [2.45, 2.75) is 52.7 Å². The summed E-state index contributed by atoms with van der Waals surface area (Å²) in [4.78, 5) is 0. The average molecular weight is 329 g/mol. The van der Waals surface area contributed by atoms with Gasteiger partial charge in [0.25, 0.3) is 0 Å². The molecular formula is C18H24BNO2S. The summed E-state index contributed by atoms with van der Waals surface area (Å²) in [5.41, 5.74) is 4.17. The van der Waals surface area contributed by atoms with Gasteiger partial charge in [-0.3, -0.25) is 0 Å². The molecule has 0 saturated carbocycles. The summed E-state index contributed by atoms with van der Waals surface area (Å²) in [6.45, 7) is 12.2. The van der Waals surface area contributed by atoms with E-state index in [2.05, 4.69) is 24.8 Å². The summed E-state index contributed by atoms with van der Waals surface area (Å²) in [5.74, 6) is 0.551. The number of nitriles is 1. The first-order valence-corrected chi connectivity index (χ1v) is 8.43. The maximum atomic E-state index is 9.08. The first-order valence-electron chi connectivity index (χ1n) is 7.79. The topological polar surface area (TPSA) is 42.2 Å². The highest BCUT2D eigenvalue weighted by Gasteiger charge is 2.52. The fraction of sp³-hybridized carbons (Fsp3) is 0.500. The number of aryl methyl sites for hydroxylation is 2. The van der Waals surface area contributed by atoms with E-state index in [4.69, 9.17) is 14.6 Å². The van der Waals surface area contributed by atoms with Gasteiger partial charge in [0.2, 0.25) is 0 Å². The molecule has 0 N–H and O–H groups in total. The third-order valence-electron chi connectivity index (χ3n) is 4.79. The first kappa shape index (κ1) is 18.1. The third-order valence-corrected chi connectivity index (χ3v) is 5.16. The molecule has 1 aliphatic heterocycles. The fourth-order valence-electron chi connectivity index (χ4n) is 2.63. The molecule has 3 nitrogen and oxygen atoms in total. The van der Waals surface area contributed by atoms with Crippen LogP contribution in [-0.4, -0.2) is 24.1 Å². The van der Waals surface area contributed by atoms with E-state index >= 15 is 0 Å². The van der Waals surface area contributed by atoms with Crippen molar-refractivity contribution in [1.82, 2.24) is 0 Å². The van der Waals surface area contributed by atoms with Gasteiger partial charge in [0, 0.05) is 5.75 Å². The lowest BCUT2D eigenvalue weighted by atomic mass is 9.77. The Bertz CT molecular complexity index is 650. The molecule has 0 radical (unpaired) electrons. The van der Waals surface area contributed by atoms with Crippen molar-refractivity contribution >= 4 is 25.8 Å². The van der Waals surface area contributed by atoms with Gasteiger partial charge >= 0.3 is 7.12 Å². The molecule has 0 amide bonds. The van der Waals surface area contributed by atoms with Crippen molar-refractivity contribution in [3.8, 4) is 6.07 Å². The molecule has 0 aromatic heterocycles. The maximum Gasteiger partial charge on any atom is 0.491 e. The van der Waals surface area contributed by atoms with Crippen LogP contribution in [0.5, 0.6) is 0 Å². The molecule has 122 valence electrons. The van der Waals surface area contributed by atoms with E-state index in [1.807, 2.05) is 53.7 Å². The van der Waals surface area contributed by atoms with E-state index in [-0.39, 0.29) is 11.2 Å². The lowest BCUT2D eigenvalue weighted by molar-refractivity contribution is 0.00578. The van der Waals surface area contributed by atoms with Gasteiger partial charge in [0.05, 0.1) is 22.8 Å². The normalized spacial score (nSPS) is 19.7. The number of benzene rings is 1. The fourth-order valence-corrected chi connectivity index (χ4v) is 2.88. The van der Waals surface area contributed by atoms with Crippen LogP contribution < -0.4 is 0 Å². The summed E-state index contributed by atoms with van der Waals surface area (Å²) in [6, 6.07) is 6.00. The summed E-state index contributed by atoms with van der Waals surface area (Å²) >= 11 is 4.46. The van der Waals surface area contributed by atoms with Crippen molar-refractivity contribution in [3.05, 3.63) is 39.9 Å². The lowest BCUT2D eigenvalue weighted by Gasteiger charge is -2.32. The highest BCUT2D eigenvalue weighted by atomic mass is 32.1. The van der Waals surface area contributed by atoms with E-state index in [0.717, 1.165) is 22.2 Å². The summed E-state index contributed by atoms with van der Waals surface area (Å²) in [7, 11) is -0.396. The Hall–Kier alpha value is -1.22. The number of rotatable bonds is 3. The van der Waals surface area contributed by atoms with Crippen LogP contribution in [0.4, 0.5) is 0 Å². The SMILES string of the molecule is Cc1cc(C#N)cc(C)c1C=C(CS)B1OC(C)(C)C(C)(C)O1. The Labute approximate surface area is 145 Å². The zero-order valence-corrected chi connectivity index (χ0v) is 15.6. The summed E-state index contributed by atoms with van der Waals surface area (Å²) in [5, 5.41) is 9.08. The molecule has 1 aromatic rings. The van der Waals surface area contributed by atoms with Crippen LogP contribution in [0.15, 0.2) is 17.6 Å². The Balaban J connectivity index is 2.40. The molecular weight excluding hydrogens is 305 g/mol. The molecule has 0 unspecified atom stereocenters. The molecule has 1 saturated heterocycles. The van der Waals surface area contributed by atoms with Crippen LogP contribution in [0.2, 0.25) is 0 Å². The molecule has 2 rings (SSSR count). The number of nitrogens with zero attached hydrogens (tertiary/aromatic N) is 1. The predicted octanol–water partition coefficient (Wildman–Crippen LogP) is 4.12. The van der Waals surface area contributed by atoms with Gasteiger partial charge in [-0.05, 0) is 75.8 Å². The van der Waals surface area contributed by atoms with Crippen LogP contribution in [0, 0.1) is 25.2 Å². The smallest absolute Gasteiger partial charge is 0.400 e. The van der Waals surface area contributed by atoms with E-state index in [9.17, 15) is 0 Å². The highest BCUT2D eigenvalue weighted by Crippen LogP contribution is 2.39. The lowest BCUT2D eigenvalue weighted by Crippen LogP contribution is -2.41. The van der Waals surface area contributed by atoms with Crippen molar-refractivity contribution in [2.24, 2.45) is 0 Å².